The average Bonchev–Trinajstić information content (AvgIpc) is 2.78. The van der Waals surface area contributed by atoms with Crippen LogP contribution in [0.1, 0.15) is 15.9 Å². The van der Waals surface area contributed by atoms with Crippen LogP contribution in [0.25, 0.3) is 0 Å². The Labute approximate surface area is 196 Å². The molecular weight excluding hydrogens is 459 g/mol. The van der Waals surface area contributed by atoms with Crippen molar-refractivity contribution in [2.75, 3.05) is 39.1 Å². The molecule has 0 aromatic heterocycles. The third kappa shape index (κ3) is 7.40. The number of benzene rings is 2. The van der Waals surface area contributed by atoms with Gasteiger partial charge in [-0.05, 0) is 35.9 Å². The number of carbonyl (C=O) groups is 2. The standard InChI is InChI=1S/C22H24Cl2N2O4S/c1-29-22(28)16-3-2-4-18(10-16)31-14-21(27)25-11-17-13-26(7-8-30-17)12-15-5-6-19(23)20(24)9-15/h2-6,9-10,17H,7-8,11-14H2,1H3,(H,25,27). The number of methoxy groups -OCH3 is 1. The van der Waals surface area contributed by atoms with Gasteiger partial charge in [0.05, 0.1) is 41.2 Å². The largest absolute Gasteiger partial charge is 0.465 e. The molecule has 0 saturated carbocycles. The van der Waals surface area contributed by atoms with Gasteiger partial charge in [0.15, 0.2) is 0 Å². The van der Waals surface area contributed by atoms with Crippen LogP contribution in [0.15, 0.2) is 47.4 Å². The van der Waals surface area contributed by atoms with Gasteiger partial charge in [-0.15, -0.1) is 11.8 Å². The van der Waals surface area contributed by atoms with E-state index in [-0.39, 0.29) is 17.8 Å². The first-order chi connectivity index (χ1) is 14.9. The fourth-order valence-electron chi connectivity index (χ4n) is 3.20. The summed E-state index contributed by atoms with van der Waals surface area (Å²) < 4.78 is 10.5. The lowest BCUT2D eigenvalue weighted by molar-refractivity contribution is -0.119. The molecule has 1 saturated heterocycles. The Hall–Kier alpha value is -1.77. The van der Waals surface area contributed by atoms with E-state index >= 15 is 0 Å². The highest BCUT2D eigenvalue weighted by Crippen LogP contribution is 2.24. The number of halogens is 2. The third-order valence-electron chi connectivity index (χ3n) is 4.77. The Kier molecular flexibility index (Phi) is 9.04. The Balaban J connectivity index is 1.42. The van der Waals surface area contributed by atoms with Crippen LogP contribution < -0.4 is 5.32 Å². The minimum Gasteiger partial charge on any atom is -0.465 e. The molecule has 1 amide bonds. The number of nitrogens with one attached hydrogen (secondary N) is 1. The summed E-state index contributed by atoms with van der Waals surface area (Å²) in [6.45, 7) is 3.33. The molecule has 1 aliphatic heterocycles. The van der Waals surface area contributed by atoms with Crippen LogP contribution in [0.2, 0.25) is 10.0 Å². The number of thioether (sulfide) groups is 1. The molecule has 1 atom stereocenters. The van der Waals surface area contributed by atoms with E-state index < -0.39 is 5.97 Å². The monoisotopic (exact) mass is 482 g/mol. The molecule has 1 fully saturated rings. The Bertz CT molecular complexity index is 928. The smallest absolute Gasteiger partial charge is 0.337 e. The van der Waals surface area contributed by atoms with Gasteiger partial charge in [0.25, 0.3) is 0 Å². The third-order valence-corrected chi connectivity index (χ3v) is 6.50. The first kappa shape index (κ1) is 23.9. The molecule has 9 heteroatoms. The van der Waals surface area contributed by atoms with Crippen LogP contribution in [-0.2, 0) is 20.8 Å². The SMILES string of the molecule is COC(=O)c1cccc(SCC(=O)NCC2CN(Cc3ccc(Cl)c(Cl)c3)CCO2)c1. The summed E-state index contributed by atoms with van der Waals surface area (Å²) in [6.07, 6.45) is -0.0758. The summed E-state index contributed by atoms with van der Waals surface area (Å²) in [5, 5.41) is 4.02. The van der Waals surface area contributed by atoms with Crippen molar-refractivity contribution >= 4 is 46.8 Å². The van der Waals surface area contributed by atoms with Crippen LogP contribution in [0, 0.1) is 0 Å². The molecular formula is C22H24Cl2N2O4S. The molecule has 2 aromatic carbocycles. The molecule has 1 aliphatic rings. The van der Waals surface area contributed by atoms with Gasteiger partial charge >= 0.3 is 5.97 Å². The van der Waals surface area contributed by atoms with Crippen LogP contribution >= 0.6 is 35.0 Å². The van der Waals surface area contributed by atoms with E-state index in [1.54, 1.807) is 24.3 Å². The molecule has 1 heterocycles. The number of esters is 1. The number of nitrogens with zero attached hydrogens (tertiary/aromatic N) is 1. The molecule has 31 heavy (non-hydrogen) atoms. The van der Waals surface area contributed by atoms with Crippen molar-refractivity contribution in [3.8, 4) is 0 Å². The number of hydrogen-bond acceptors (Lipinski definition) is 6. The molecule has 0 spiro atoms. The van der Waals surface area contributed by atoms with Crippen molar-refractivity contribution in [3.05, 3.63) is 63.6 Å². The van der Waals surface area contributed by atoms with Crippen LogP contribution in [-0.4, -0.2) is 62.0 Å². The maximum Gasteiger partial charge on any atom is 0.337 e. The predicted molar refractivity (Wildman–Crippen MR) is 123 cm³/mol. The van der Waals surface area contributed by atoms with E-state index in [0.717, 1.165) is 30.1 Å². The van der Waals surface area contributed by atoms with Gasteiger partial charge in [-0.25, -0.2) is 4.79 Å². The summed E-state index contributed by atoms with van der Waals surface area (Å²) in [5.74, 6) is -0.227. The summed E-state index contributed by atoms with van der Waals surface area (Å²) in [6, 6.07) is 12.7. The van der Waals surface area contributed by atoms with Gasteiger partial charge in [0.1, 0.15) is 0 Å². The normalized spacial score (nSPS) is 16.7. The Morgan fingerprint density at radius 1 is 1.23 bits per heavy atom. The van der Waals surface area contributed by atoms with E-state index in [9.17, 15) is 9.59 Å². The first-order valence-corrected chi connectivity index (χ1v) is 11.5. The minimum absolute atomic E-state index is 0.0758. The number of morpholine rings is 1. The van der Waals surface area contributed by atoms with Gasteiger partial charge in [0, 0.05) is 31.1 Å². The molecule has 3 rings (SSSR count). The van der Waals surface area contributed by atoms with Crippen molar-refractivity contribution in [1.29, 1.82) is 0 Å². The maximum atomic E-state index is 12.3. The minimum atomic E-state index is -0.397. The highest BCUT2D eigenvalue weighted by atomic mass is 35.5. The number of carbonyl (C=O) groups excluding carboxylic acids is 2. The molecule has 2 aromatic rings. The second-order valence-corrected chi connectivity index (χ2v) is 8.95. The lowest BCUT2D eigenvalue weighted by atomic mass is 10.2. The summed E-state index contributed by atoms with van der Waals surface area (Å²) in [5.41, 5.74) is 1.55. The van der Waals surface area contributed by atoms with Gasteiger partial charge in [0.2, 0.25) is 5.91 Å². The first-order valence-electron chi connectivity index (χ1n) is 9.80. The fraction of sp³-hybridized carbons (Fsp3) is 0.364. The summed E-state index contributed by atoms with van der Waals surface area (Å²) in [4.78, 5) is 27.0. The van der Waals surface area contributed by atoms with E-state index in [2.05, 4.69) is 10.2 Å². The predicted octanol–water partition coefficient (Wildman–Crippen LogP) is 3.89. The number of amides is 1. The summed E-state index contributed by atoms with van der Waals surface area (Å²) >= 11 is 13.5. The van der Waals surface area contributed by atoms with Crippen LogP contribution in [0.3, 0.4) is 0 Å². The number of rotatable bonds is 8. The summed E-state index contributed by atoms with van der Waals surface area (Å²) in [7, 11) is 1.34. The Morgan fingerprint density at radius 2 is 2.06 bits per heavy atom. The lowest BCUT2D eigenvalue weighted by Gasteiger charge is -2.33. The zero-order chi connectivity index (χ0) is 22.2. The van der Waals surface area contributed by atoms with Gasteiger partial charge in [-0.1, -0.05) is 35.3 Å². The van der Waals surface area contributed by atoms with Crippen molar-refractivity contribution in [1.82, 2.24) is 10.2 Å². The van der Waals surface area contributed by atoms with Crippen LogP contribution in [0.4, 0.5) is 0 Å². The Morgan fingerprint density at radius 3 is 2.84 bits per heavy atom. The second kappa shape index (κ2) is 11.7. The zero-order valence-corrected chi connectivity index (χ0v) is 19.4. The zero-order valence-electron chi connectivity index (χ0n) is 17.1. The number of ether oxygens (including phenoxy) is 2. The molecule has 0 radical (unpaired) electrons. The highest BCUT2D eigenvalue weighted by Gasteiger charge is 2.21. The van der Waals surface area contributed by atoms with Crippen molar-refractivity contribution in [3.63, 3.8) is 0 Å². The quantitative estimate of drug-likeness (QED) is 0.454. The molecule has 0 bridgehead atoms. The van der Waals surface area contributed by atoms with Crippen molar-refractivity contribution in [2.45, 2.75) is 17.5 Å². The van der Waals surface area contributed by atoms with Crippen molar-refractivity contribution < 1.29 is 19.1 Å². The molecule has 6 nitrogen and oxygen atoms in total. The van der Waals surface area contributed by atoms with E-state index in [1.165, 1.54) is 18.9 Å². The molecule has 1 N–H and O–H groups in total. The van der Waals surface area contributed by atoms with E-state index in [1.807, 2.05) is 18.2 Å². The maximum absolute atomic E-state index is 12.3. The molecule has 0 aliphatic carbocycles. The van der Waals surface area contributed by atoms with Gasteiger partial charge in [-0.3, -0.25) is 9.69 Å². The highest BCUT2D eigenvalue weighted by molar-refractivity contribution is 8.00. The number of hydrogen-bond donors (Lipinski definition) is 1. The van der Waals surface area contributed by atoms with E-state index in [0.29, 0.717) is 28.8 Å². The molecule has 1 unspecified atom stereocenters. The van der Waals surface area contributed by atoms with E-state index in [4.69, 9.17) is 32.7 Å². The fourth-order valence-corrected chi connectivity index (χ4v) is 4.31. The second-order valence-electron chi connectivity index (χ2n) is 7.09. The van der Waals surface area contributed by atoms with Crippen molar-refractivity contribution in [2.24, 2.45) is 0 Å². The lowest BCUT2D eigenvalue weighted by Crippen LogP contribution is -2.47. The van der Waals surface area contributed by atoms with Gasteiger partial charge in [-0.2, -0.15) is 0 Å². The molecule has 166 valence electrons. The van der Waals surface area contributed by atoms with Gasteiger partial charge < -0.3 is 14.8 Å². The average molecular weight is 483 g/mol. The van der Waals surface area contributed by atoms with Crippen LogP contribution in [0.5, 0.6) is 0 Å². The topological polar surface area (TPSA) is 67.9 Å².